The predicted octanol–water partition coefficient (Wildman–Crippen LogP) is 3.87. The molecule has 0 amide bonds. The highest BCUT2D eigenvalue weighted by Crippen LogP contribution is 2.39. The van der Waals surface area contributed by atoms with Crippen molar-refractivity contribution < 1.29 is 0 Å². The van der Waals surface area contributed by atoms with E-state index >= 15 is 0 Å². The molecule has 0 N–H and O–H groups in total. The van der Waals surface area contributed by atoms with Crippen molar-refractivity contribution in [3.8, 4) is 11.1 Å². The van der Waals surface area contributed by atoms with Gasteiger partial charge in [-0.15, -0.1) is 0 Å². The molecule has 1 aliphatic rings. The molecule has 1 aliphatic carbocycles. The summed E-state index contributed by atoms with van der Waals surface area (Å²) in [6.07, 6.45) is 1.12. The monoisotopic (exact) mass is 194 g/mol. The first kappa shape index (κ1) is 8.72. The molecule has 74 valence electrons. The molecular weight excluding hydrogens is 180 g/mol. The summed E-state index contributed by atoms with van der Waals surface area (Å²) in [7, 11) is 0. The van der Waals surface area contributed by atoms with Gasteiger partial charge in [0.2, 0.25) is 0 Å². The van der Waals surface area contributed by atoms with Crippen LogP contribution in [-0.4, -0.2) is 0 Å². The second-order valence-corrected chi connectivity index (χ2v) is 4.38. The van der Waals surface area contributed by atoms with Gasteiger partial charge in [-0.25, -0.2) is 0 Å². The average molecular weight is 194 g/mol. The highest BCUT2D eigenvalue weighted by molar-refractivity contribution is 5.78. The Kier molecular flexibility index (Phi) is 1.72. The molecule has 0 heterocycles. The highest BCUT2D eigenvalue weighted by atomic mass is 14.2. The zero-order valence-electron chi connectivity index (χ0n) is 9.17. The van der Waals surface area contributed by atoms with Gasteiger partial charge in [0.1, 0.15) is 0 Å². The first-order chi connectivity index (χ1) is 7.27. The lowest BCUT2D eigenvalue weighted by molar-refractivity contribution is 1.19. The van der Waals surface area contributed by atoms with Crippen molar-refractivity contribution >= 4 is 0 Å². The topological polar surface area (TPSA) is 0 Å². The van der Waals surface area contributed by atoms with E-state index in [0.29, 0.717) is 0 Å². The van der Waals surface area contributed by atoms with Crippen LogP contribution in [0.2, 0.25) is 0 Å². The quantitative estimate of drug-likeness (QED) is 0.509. The molecule has 0 spiro atoms. The van der Waals surface area contributed by atoms with Gasteiger partial charge in [-0.3, -0.25) is 0 Å². The van der Waals surface area contributed by atoms with Crippen LogP contribution in [0.25, 0.3) is 11.1 Å². The lowest BCUT2D eigenvalue weighted by Gasteiger charge is -2.03. The van der Waals surface area contributed by atoms with Crippen LogP contribution < -0.4 is 0 Å². The molecule has 0 nitrogen and oxygen atoms in total. The van der Waals surface area contributed by atoms with E-state index in [1.807, 2.05) is 0 Å². The lowest BCUT2D eigenvalue weighted by Crippen LogP contribution is -1.86. The molecule has 0 fully saturated rings. The molecule has 0 heteroatoms. The van der Waals surface area contributed by atoms with E-state index in [4.69, 9.17) is 0 Å². The standard InChI is InChI=1S/C15H14/c1-10-5-3-7-12-13-8-4-6-11(2)15(13)9-14(10)12/h3-8H,9H2,1-2H3. The number of aryl methyl sites for hydroxylation is 2. The first-order valence-electron chi connectivity index (χ1n) is 5.45. The van der Waals surface area contributed by atoms with E-state index in [0.717, 1.165) is 6.42 Å². The Bertz CT molecular complexity index is 486. The summed E-state index contributed by atoms with van der Waals surface area (Å²) in [4.78, 5) is 0. The van der Waals surface area contributed by atoms with Crippen LogP contribution in [0.3, 0.4) is 0 Å². The van der Waals surface area contributed by atoms with Crippen molar-refractivity contribution in [1.82, 2.24) is 0 Å². The summed E-state index contributed by atoms with van der Waals surface area (Å²) < 4.78 is 0. The number of hydrogen-bond donors (Lipinski definition) is 0. The van der Waals surface area contributed by atoms with Crippen molar-refractivity contribution in [2.75, 3.05) is 0 Å². The number of hydrogen-bond acceptors (Lipinski definition) is 0. The van der Waals surface area contributed by atoms with E-state index in [-0.39, 0.29) is 0 Å². The summed E-state index contributed by atoms with van der Waals surface area (Å²) in [5.41, 5.74) is 8.75. The molecule has 0 bridgehead atoms. The van der Waals surface area contributed by atoms with Crippen LogP contribution >= 0.6 is 0 Å². The SMILES string of the molecule is Cc1cccc2c1Cc1c(C)cccc1-2. The minimum atomic E-state index is 1.12. The van der Waals surface area contributed by atoms with Gasteiger partial charge in [-0.1, -0.05) is 36.4 Å². The van der Waals surface area contributed by atoms with E-state index < -0.39 is 0 Å². The van der Waals surface area contributed by atoms with Crippen molar-refractivity contribution in [2.24, 2.45) is 0 Å². The van der Waals surface area contributed by atoms with E-state index in [1.165, 1.54) is 33.4 Å². The van der Waals surface area contributed by atoms with Crippen LogP contribution in [0.15, 0.2) is 36.4 Å². The maximum Gasteiger partial charge on any atom is -0.000820 e. The maximum atomic E-state index is 2.24. The van der Waals surface area contributed by atoms with Gasteiger partial charge in [0.15, 0.2) is 0 Å². The number of benzene rings is 2. The molecule has 15 heavy (non-hydrogen) atoms. The number of rotatable bonds is 0. The van der Waals surface area contributed by atoms with Crippen LogP contribution in [0.5, 0.6) is 0 Å². The van der Waals surface area contributed by atoms with Crippen molar-refractivity contribution in [1.29, 1.82) is 0 Å². The Morgan fingerprint density at radius 1 is 0.733 bits per heavy atom. The second kappa shape index (κ2) is 2.96. The highest BCUT2D eigenvalue weighted by Gasteiger charge is 2.20. The third-order valence-electron chi connectivity index (χ3n) is 3.46. The molecule has 0 saturated heterocycles. The fraction of sp³-hybridized carbons (Fsp3) is 0.200. The summed E-state index contributed by atoms with van der Waals surface area (Å²) in [5, 5.41) is 0. The fourth-order valence-corrected chi connectivity index (χ4v) is 2.56. The van der Waals surface area contributed by atoms with Gasteiger partial charge < -0.3 is 0 Å². The molecule has 2 aromatic rings. The Morgan fingerprint density at radius 3 is 1.67 bits per heavy atom. The zero-order valence-corrected chi connectivity index (χ0v) is 9.17. The summed E-state index contributed by atoms with van der Waals surface area (Å²) in [5.74, 6) is 0. The van der Waals surface area contributed by atoms with Crippen LogP contribution in [0.1, 0.15) is 22.3 Å². The molecule has 0 radical (unpaired) electrons. The Balaban J connectivity index is 2.33. The summed E-state index contributed by atoms with van der Waals surface area (Å²) in [6, 6.07) is 13.2. The number of fused-ring (bicyclic) bond motifs is 3. The van der Waals surface area contributed by atoms with Gasteiger partial charge in [0, 0.05) is 0 Å². The molecule has 0 saturated carbocycles. The second-order valence-electron chi connectivity index (χ2n) is 4.38. The van der Waals surface area contributed by atoms with E-state index in [1.54, 1.807) is 0 Å². The van der Waals surface area contributed by atoms with E-state index in [9.17, 15) is 0 Å². The van der Waals surface area contributed by atoms with Gasteiger partial charge in [0.25, 0.3) is 0 Å². The Labute approximate surface area is 90.6 Å². The molecule has 0 atom stereocenters. The minimum Gasteiger partial charge on any atom is -0.0614 e. The third-order valence-corrected chi connectivity index (χ3v) is 3.46. The molecule has 0 aliphatic heterocycles. The van der Waals surface area contributed by atoms with Gasteiger partial charge in [-0.2, -0.15) is 0 Å². The van der Waals surface area contributed by atoms with Gasteiger partial charge >= 0.3 is 0 Å². The smallest absolute Gasteiger partial charge is 0.000820 e. The molecule has 0 aromatic heterocycles. The third kappa shape index (κ3) is 1.14. The molecule has 2 aromatic carbocycles. The largest absolute Gasteiger partial charge is 0.0614 e. The first-order valence-corrected chi connectivity index (χ1v) is 5.45. The summed E-state index contributed by atoms with van der Waals surface area (Å²) in [6.45, 7) is 4.42. The van der Waals surface area contributed by atoms with Crippen molar-refractivity contribution in [2.45, 2.75) is 20.3 Å². The molecule has 3 rings (SSSR count). The van der Waals surface area contributed by atoms with Gasteiger partial charge in [0.05, 0.1) is 0 Å². The van der Waals surface area contributed by atoms with Crippen LogP contribution in [0.4, 0.5) is 0 Å². The van der Waals surface area contributed by atoms with E-state index in [2.05, 4.69) is 50.2 Å². The summed E-state index contributed by atoms with van der Waals surface area (Å²) >= 11 is 0. The average Bonchev–Trinajstić information content (AvgIpc) is 2.60. The fourth-order valence-electron chi connectivity index (χ4n) is 2.56. The Morgan fingerprint density at radius 2 is 1.20 bits per heavy atom. The van der Waals surface area contributed by atoms with Crippen molar-refractivity contribution in [3.63, 3.8) is 0 Å². The van der Waals surface area contributed by atoms with Gasteiger partial charge in [-0.05, 0) is 53.6 Å². The normalized spacial score (nSPS) is 12.4. The predicted molar refractivity (Wildman–Crippen MR) is 64.2 cm³/mol. The Hall–Kier alpha value is -1.56. The van der Waals surface area contributed by atoms with Crippen LogP contribution in [0, 0.1) is 13.8 Å². The molecule has 0 unspecified atom stereocenters. The zero-order chi connectivity index (χ0) is 10.4. The lowest BCUT2D eigenvalue weighted by atomic mass is 10.0. The maximum absolute atomic E-state index is 2.24. The van der Waals surface area contributed by atoms with Crippen molar-refractivity contribution in [3.05, 3.63) is 58.7 Å². The molecular formula is C15H14. The minimum absolute atomic E-state index is 1.12. The van der Waals surface area contributed by atoms with Crippen LogP contribution in [-0.2, 0) is 6.42 Å².